The minimum Gasteiger partial charge on any atom is -0.369 e. The van der Waals surface area contributed by atoms with E-state index in [2.05, 4.69) is 22.1 Å². The molecule has 0 radical (unpaired) electrons. The maximum atomic E-state index is 11.9. The molecule has 0 atom stereocenters. The summed E-state index contributed by atoms with van der Waals surface area (Å²) in [7, 11) is 0. The van der Waals surface area contributed by atoms with Gasteiger partial charge in [0.25, 0.3) is 5.91 Å². The zero-order valence-corrected chi connectivity index (χ0v) is 11.6. The van der Waals surface area contributed by atoms with Crippen LogP contribution >= 0.6 is 0 Å². The third-order valence-corrected chi connectivity index (χ3v) is 2.69. The van der Waals surface area contributed by atoms with Gasteiger partial charge in [-0.2, -0.15) is 0 Å². The normalized spacial score (nSPS) is 10.3. The van der Waals surface area contributed by atoms with Crippen molar-refractivity contribution in [2.75, 3.05) is 13.1 Å². The molecule has 0 saturated heterocycles. The molecule has 0 bridgehead atoms. The SMILES string of the molecule is CC(C)(CNC(=O)c1ccc(C#CCN)cn1)C(N)=O. The third-order valence-electron chi connectivity index (χ3n) is 2.69. The summed E-state index contributed by atoms with van der Waals surface area (Å²) in [6.07, 6.45) is 1.50. The Balaban J connectivity index is 2.67. The van der Waals surface area contributed by atoms with Gasteiger partial charge in [-0.25, -0.2) is 4.98 Å². The maximum Gasteiger partial charge on any atom is 0.269 e. The van der Waals surface area contributed by atoms with E-state index >= 15 is 0 Å². The van der Waals surface area contributed by atoms with Crippen LogP contribution in [-0.4, -0.2) is 29.9 Å². The van der Waals surface area contributed by atoms with Gasteiger partial charge < -0.3 is 16.8 Å². The van der Waals surface area contributed by atoms with E-state index in [1.807, 2.05) is 0 Å². The number of carbonyl (C=O) groups is 2. The van der Waals surface area contributed by atoms with Gasteiger partial charge >= 0.3 is 0 Å². The van der Waals surface area contributed by atoms with E-state index < -0.39 is 11.3 Å². The molecule has 1 aromatic rings. The summed E-state index contributed by atoms with van der Waals surface area (Å²) in [5.74, 6) is 4.67. The largest absolute Gasteiger partial charge is 0.369 e. The Labute approximate surface area is 117 Å². The predicted octanol–water partition coefficient (Wildman–Crippen LogP) is -0.367. The highest BCUT2D eigenvalue weighted by atomic mass is 16.2. The van der Waals surface area contributed by atoms with Gasteiger partial charge in [-0.1, -0.05) is 11.8 Å². The van der Waals surface area contributed by atoms with Crippen LogP contribution < -0.4 is 16.8 Å². The Morgan fingerprint density at radius 1 is 1.40 bits per heavy atom. The fourth-order valence-corrected chi connectivity index (χ4v) is 1.23. The first-order valence-electron chi connectivity index (χ1n) is 6.10. The second-order valence-electron chi connectivity index (χ2n) is 4.87. The van der Waals surface area contributed by atoms with Crippen molar-refractivity contribution in [3.63, 3.8) is 0 Å². The summed E-state index contributed by atoms with van der Waals surface area (Å²) in [5.41, 5.74) is 10.6. The minimum absolute atomic E-state index is 0.150. The molecule has 0 saturated carbocycles. The van der Waals surface area contributed by atoms with Crippen LogP contribution in [0.5, 0.6) is 0 Å². The van der Waals surface area contributed by atoms with Crippen molar-refractivity contribution < 1.29 is 9.59 Å². The van der Waals surface area contributed by atoms with Crippen LogP contribution in [0.3, 0.4) is 0 Å². The van der Waals surface area contributed by atoms with Gasteiger partial charge in [-0.15, -0.1) is 0 Å². The van der Waals surface area contributed by atoms with Gasteiger partial charge in [0, 0.05) is 18.3 Å². The Bertz CT molecular complexity index is 553. The zero-order chi connectivity index (χ0) is 15.2. The molecule has 106 valence electrons. The molecule has 0 fully saturated rings. The van der Waals surface area contributed by atoms with Gasteiger partial charge in [-0.05, 0) is 26.0 Å². The fraction of sp³-hybridized carbons (Fsp3) is 0.357. The number of rotatable bonds is 4. The molecule has 2 amide bonds. The van der Waals surface area contributed by atoms with Gasteiger partial charge in [0.2, 0.25) is 5.91 Å². The smallest absolute Gasteiger partial charge is 0.269 e. The van der Waals surface area contributed by atoms with Crippen LogP contribution in [0.2, 0.25) is 0 Å². The summed E-state index contributed by atoms with van der Waals surface area (Å²) >= 11 is 0. The minimum atomic E-state index is -0.803. The molecular weight excluding hydrogens is 256 g/mol. The van der Waals surface area contributed by atoms with Crippen molar-refractivity contribution in [3.8, 4) is 11.8 Å². The lowest BCUT2D eigenvalue weighted by Crippen LogP contribution is -2.42. The van der Waals surface area contributed by atoms with Crippen LogP contribution in [-0.2, 0) is 4.79 Å². The maximum absolute atomic E-state index is 11.9. The molecule has 0 aromatic carbocycles. The molecule has 6 heteroatoms. The number of pyridine rings is 1. The second kappa shape index (κ2) is 6.68. The lowest BCUT2D eigenvalue weighted by molar-refractivity contribution is -0.125. The van der Waals surface area contributed by atoms with Crippen molar-refractivity contribution in [3.05, 3.63) is 29.6 Å². The topological polar surface area (TPSA) is 111 Å². The number of hydrogen-bond donors (Lipinski definition) is 3. The average molecular weight is 274 g/mol. The quantitative estimate of drug-likeness (QED) is 0.650. The highest BCUT2D eigenvalue weighted by Crippen LogP contribution is 2.12. The van der Waals surface area contributed by atoms with Crippen molar-refractivity contribution >= 4 is 11.8 Å². The van der Waals surface area contributed by atoms with Crippen LogP contribution in [0.1, 0.15) is 29.9 Å². The Morgan fingerprint density at radius 3 is 2.60 bits per heavy atom. The molecule has 1 aromatic heterocycles. The Hall–Kier alpha value is -2.39. The zero-order valence-electron chi connectivity index (χ0n) is 11.6. The third kappa shape index (κ3) is 4.37. The standard InChI is InChI=1S/C14H18N4O2/c1-14(2,13(16)20)9-18-12(19)11-6-5-10(8-17-11)4-3-7-15/h5-6,8H,7,9,15H2,1-2H3,(H2,16,20)(H,18,19). The van der Waals surface area contributed by atoms with Crippen molar-refractivity contribution in [1.29, 1.82) is 0 Å². The molecule has 0 spiro atoms. The molecule has 6 nitrogen and oxygen atoms in total. The van der Waals surface area contributed by atoms with Gasteiger partial charge in [0.1, 0.15) is 5.69 Å². The first-order valence-corrected chi connectivity index (χ1v) is 6.10. The number of nitrogens with zero attached hydrogens (tertiary/aromatic N) is 1. The van der Waals surface area contributed by atoms with E-state index in [0.717, 1.165) is 0 Å². The van der Waals surface area contributed by atoms with Crippen LogP contribution in [0.15, 0.2) is 18.3 Å². The number of hydrogen-bond acceptors (Lipinski definition) is 4. The molecule has 0 aliphatic heterocycles. The highest BCUT2D eigenvalue weighted by molar-refractivity contribution is 5.92. The van der Waals surface area contributed by atoms with Crippen LogP contribution in [0, 0.1) is 17.3 Å². The summed E-state index contributed by atoms with van der Waals surface area (Å²) < 4.78 is 0. The Morgan fingerprint density at radius 2 is 2.10 bits per heavy atom. The number of nitrogens with one attached hydrogen (secondary N) is 1. The highest BCUT2D eigenvalue weighted by Gasteiger charge is 2.25. The fourth-order valence-electron chi connectivity index (χ4n) is 1.23. The lowest BCUT2D eigenvalue weighted by atomic mass is 9.93. The van der Waals surface area contributed by atoms with Crippen molar-refractivity contribution in [2.24, 2.45) is 16.9 Å². The number of primary amides is 1. The monoisotopic (exact) mass is 274 g/mol. The molecule has 1 rings (SSSR count). The molecule has 0 aliphatic carbocycles. The van der Waals surface area contributed by atoms with E-state index in [4.69, 9.17) is 11.5 Å². The van der Waals surface area contributed by atoms with E-state index in [-0.39, 0.29) is 24.7 Å². The number of aromatic nitrogens is 1. The van der Waals surface area contributed by atoms with Crippen LogP contribution in [0.25, 0.3) is 0 Å². The summed E-state index contributed by atoms with van der Waals surface area (Å²) in [6.45, 7) is 3.74. The van der Waals surface area contributed by atoms with Crippen molar-refractivity contribution in [1.82, 2.24) is 10.3 Å². The van der Waals surface area contributed by atoms with E-state index in [0.29, 0.717) is 5.56 Å². The number of amides is 2. The summed E-state index contributed by atoms with van der Waals surface area (Å²) in [4.78, 5) is 27.0. The predicted molar refractivity (Wildman–Crippen MR) is 75.5 cm³/mol. The van der Waals surface area contributed by atoms with Gasteiger partial charge in [-0.3, -0.25) is 9.59 Å². The molecule has 1 heterocycles. The summed E-state index contributed by atoms with van der Waals surface area (Å²) in [6, 6.07) is 3.25. The molecule has 5 N–H and O–H groups in total. The summed E-state index contributed by atoms with van der Waals surface area (Å²) in [5, 5.41) is 2.62. The van der Waals surface area contributed by atoms with Gasteiger partial charge in [0.05, 0.1) is 12.0 Å². The van der Waals surface area contributed by atoms with Crippen LogP contribution in [0.4, 0.5) is 0 Å². The number of nitrogens with two attached hydrogens (primary N) is 2. The van der Waals surface area contributed by atoms with E-state index in [1.165, 1.54) is 6.20 Å². The molecule has 0 aliphatic rings. The first kappa shape index (κ1) is 15.7. The Kier molecular flexibility index (Phi) is 5.23. The number of carbonyl (C=O) groups excluding carboxylic acids is 2. The molecular formula is C14H18N4O2. The molecule has 20 heavy (non-hydrogen) atoms. The van der Waals surface area contributed by atoms with E-state index in [9.17, 15) is 9.59 Å². The molecule has 0 unspecified atom stereocenters. The van der Waals surface area contributed by atoms with E-state index in [1.54, 1.807) is 26.0 Å². The average Bonchev–Trinajstić information content (AvgIpc) is 2.43. The van der Waals surface area contributed by atoms with Gasteiger partial charge in [0.15, 0.2) is 0 Å². The first-order chi connectivity index (χ1) is 9.36. The lowest BCUT2D eigenvalue weighted by Gasteiger charge is -2.20. The second-order valence-corrected chi connectivity index (χ2v) is 4.87. The van der Waals surface area contributed by atoms with Crippen molar-refractivity contribution in [2.45, 2.75) is 13.8 Å².